The fourth-order valence-corrected chi connectivity index (χ4v) is 5.01. The highest BCUT2D eigenvalue weighted by molar-refractivity contribution is 7.12. The minimum Gasteiger partial charge on any atom is -0.352 e. The van der Waals surface area contributed by atoms with E-state index in [4.69, 9.17) is 0 Å². The molecular weight excluding hydrogens is 332 g/mol. The van der Waals surface area contributed by atoms with E-state index in [1.807, 2.05) is 11.4 Å². The van der Waals surface area contributed by atoms with Crippen molar-refractivity contribution in [2.45, 2.75) is 76.8 Å². The molecule has 1 aliphatic carbocycles. The van der Waals surface area contributed by atoms with Gasteiger partial charge in [0.2, 0.25) is 5.91 Å². The molecule has 1 amide bonds. The maximum Gasteiger partial charge on any atom is 0.224 e. The lowest BCUT2D eigenvalue weighted by Crippen LogP contribution is -2.51. The Bertz CT molecular complexity index is 590. The first-order valence-corrected chi connectivity index (χ1v) is 10.6. The zero-order valence-corrected chi connectivity index (χ0v) is 16.1. The lowest BCUT2D eigenvalue weighted by Gasteiger charge is -2.38. The zero-order valence-electron chi connectivity index (χ0n) is 15.3. The molecule has 5 heteroatoms. The Hall–Kier alpha value is -1.20. The Kier molecular flexibility index (Phi) is 6.65. The third kappa shape index (κ3) is 5.38. The van der Waals surface area contributed by atoms with Crippen molar-refractivity contribution in [3.8, 4) is 0 Å². The van der Waals surface area contributed by atoms with Gasteiger partial charge in [-0.15, -0.1) is 11.3 Å². The van der Waals surface area contributed by atoms with Gasteiger partial charge in [0.25, 0.3) is 0 Å². The van der Waals surface area contributed by atoms with Crippen molar-refractivity contribution in [2.75, 3.05) is 13.1 Å². The van der Waals surface area contributed by atoms with E-state index in [0.717, 1.165) is 29.4 Å². The molecule has 138 valence electrons. The summed E-state index contributed by atoms with van der Waals surface area (Å²) in [5.41, 5.74) is 0.948. The van der Waals surface area contributed by atoms with Crippen molar-refractivity contribution in [1.82, 2.24) is 10.2 Å². The number of hydrogen-bond donors (Lipinski definition) is 1. The number of Topliss-reactive ketones (excluding diaryl/α,β-unsaturated/α-hetero) is 1. The molecule has 2 aliphatic rings. The Balaban J connectivity index is 1.49. The van der Waals surface area contributed by atoms with Gasteiger partial charge in [0, 0.05) is 18.6 Å². The molecule has 1 saturated heterocycles. The van der Waals surface area contributed by atoms with Crippen LogP contribution in [0.5, 0.6) is 0 Å². The molecule has 0 spiro atoms. The average Bonchev–Trinajstić information content (AvgIpc) is 2.88. The number of amides is 1. The summed E-state index contributed by atoms with van der Waals surface area (Å²) >= 11 is 1.43. The highest BCUT2D eigenvalue weighted by Gasteiger charge is 2.27. The second-order valence-electron chi connectivity index (χ2n) is 7.60. The van der Waals surface area contributed by atoms with Crippen LogP contribution in [0.2, 0.25) is 0 Å². The van der Waals surface area contributed by atoms with Crippen LogP contribution in [-0.4, -0.2) is 41.8 Å². The Morgan fingerprint density at radius 1 is 1.16 bits per heavy atom. The van der Waals surface area contributed by atoms with Crippen LogP contribution in [0.4, 0.5) is 0 Å². The largest absolute Gasteiger partial charge is 0.352 e. The topological polar surface area (TPSA) is 49.4 Å². The number of carbonyl (C=O) groups is 2. The van der Waals surface area contributed by atoms with Crippen molar-refractivity contribution in [3.05, 3.63) is 21.9 Å². The first kappa shape index (κ1) is 18.6. The number of piperidine rings is 1. The molecule has 1 aliphatic heterocycles. The zero-order chi connectivity index (χ0) is 17.6. The second-order valence-corrected chi connectivity index (χ2v) is 8.51. The number of nitrogens with one attached hydrogen (secondary N) is 1. The van der Waals surface area contributed by atoms with E-state index in [1.54, 1.807) is 6.92 Å². The summed E-state index contributed by atoms with van der Waals surface area (Å²) in [5, 5.41) is 5.16. The van der Waals surface area contributed by atoms with Crippen molar-refractivity contribution in [3.63, 3.8) is 0 Å². The van der Waals surface area contributed by atoms with Gasteiger partial charge in [-0.25, -0.2) is 0 Å². The SMILES string of the molecule is CC(=O)c1cc(CC(=O)N[C@H]2CCCN(C3CCCCCC3)C2)cs1. The predicted octanol–water partition coefficient (Wildman–Crippen LogP) is 3.80. The molecular formula is C20H30N2O2S. The van der Waals surface area contributed by atoms with E-state index in [2.05, 4.69) is 10.2 Å². The normalized spacial score (nSPS) is 23.2. The van der Waals surface area contributed by atoms with Crippen molar-refractivity contribution >= 4 is 23.0 Å². The summed E-state index contributed by atoms with van der Waals surface area (Å²) in [6, 6.07) is 2.85. The summed E-state index contributed by atoms with van der Waals surface area (Å²) in [6.07, 6.45) is 10.8. The molecule has 0 radical (unpaired) electrons. The fraction of sp³-hybridized carbons (Fsp3) is 0.700. The van der Waals surface area contributed by atoms with Crippen LogP contribution in [-0.2, 0) is 11.2 Å². The molecule has 0 aromatic carbocycles. The van der Waals surface area contributed by atoms with Crippen molar-refractivity contribution in [1.29, 1.82) is 0 Å². The fourth-order valence-electron chi connectivity index (χ4n) is 4.20. The van der Waals surface area contributed by atoms with Crippen molar-refractivity contribution in [2.24, 2.45) is 0 Å². The average molecular weight is 363 g/mol. The quantitative estimate of drug-likeness (QED) is 0.640. The van der Waals surface area contributed by atoms with Crippen LogP contribution in [0.15, 0.2) is 11.4 Å². The summed E-state index contributed by atoms with van der Waals surface area (Å²) in [5.74, 6) is 0.156. The highest BCUT2D eigenvalue weighted by atomic mass is 32.1. The Morgan fingerprint density at radius 2 is 1.92 bits per heavy atom. The first-order valence-electron chi connectivity index (χ1n) is 9.73. The third-order valence-electron chi connectivity index (χ3n) is 5.52. The molecule has 2 fully saturated rings. The number of thiophene rings is 1. The summed E-state index contributed by atoms with van der Waals surface area (Å²) in [7, 11) is 0. The minimum atomic E-state index is 0.0722. The smallest absolute Gasteiger partial charge is 0.224 e. The van der Waals surface area contributed by atoms with Gasteiger partial charge in [-0.3, -0.25) is 14.5 Å². The minimum absolute atomic E-state index is 0.0722. The van der Waals surface area contributed by atoms with Gasteiger partial charge in [-0.2, -0.15) is 0 Å². The molecule has 0 bridgehead atoms. The van der Waals surface area contributed by atoms with Gasteiger partial charge < -0.3 is 5.32 Å². The molecule has 3 rings (SSSR count). The van der Waals surface area contributed by atoms with Gasteiger partial charge in [0.15, 0.2) is 5.78 Å². The number of ketones is 1. The molecule has 1 N–H and O–H groups in total. The molecule has 1 aromatic heterocycles. The van der Waals surface area contributed by atoms with E-state index in [9.17, 15) is 9.59 Å². The number of hydrogen-bond acceptors (Lipinski definition) is 4. The number of likely N-dealkylation sites (tertiary alicyclic amines) is 1. The lowest BCUT2D eigenvalue weighted by molar-refractivity contribution is -0.121. The maximum atomic E-state index is 12.4. The van der Waals surface area contributed by atoms with Crippen molar-refractivity contribution < 1.29 is 9.59 Å². The molecule has 1 atom stereocenters. The van der Waals surface area contributed by atoms with E-state index in [-0.39, 0.29) is 17.7 Å². The van der Waals surface area contributed by atoms with Crippen LogP contribution < -0.4 is 5.32 Å². The van der Waals surface area contributed by atoms with Gasteiger partial charge in [0.1, 0.15) is 0 Å². The van der Waals surface area contributed by atoms with Gasteiger partial charge in [-0.1, -0.05) is 25.7 Å². The molecule has 1 aromatic rings. The molecule has 0 unspecified atom stereocenters. The number of nitrogens with zero attached hydrogens (tertiary/aromatic N) is 1. The van der Waals surface area contributed by atoms with E-state index < -0.39 is 0 Å². The highest BCUT2D eigenvalue weighted by Crippen LogP contribution is 2.25. The standard InChI is InChI=1S/C20H30N2O2S/c1-15(23)19-11-16(14-25-19)12-20(24)21-17-7-6-10-22(13-17)18-8-4-2-3-5-9-18/h11,14,17-18H,2-10,12-13H2,1H3,(H,21,24)/t17-/m0/s1. The van der Waals surface area contributed by atoms with E-state index in [1.165, 1.54) is 62.8 Å². The maximum absolute atomic E-state index is 12.4. The number of carbonyl (C=O) groups excluding carboxylic acids is 2. The Morgan fingerprint density at radius 3 is 2.60 bits per heavy atom. The third-order valence-corrected chi connectivity index (χ3v) is 6.60. The van der Waals surface area contributed by atoms with Crippen LogP contribution in [0.3, 0.4) is 0 Å². The second kappa shape index (κ2) is 8.95. The lowest BCUT2D eigenvalue weighted by atomic mass is 9.99. The molecule has 1 saturated carbocycles. The van der Waals surface area contributed by atoms with E-state index >= 15 is 0 Å². The first-order chi connectivity index (χ1) is 12.1. The van der Waals surface area contributed by atoms with Crippen LogP contribution in [0, 0.1) is 0 Å². The summed E-state index contributed by atoms with van der Waals surface area (Å²) in [4.78, 5) is 27.1. The van der Waals surface area contributed by atoms with Crippen LogP contribution in [0.1, 0.15) is 73.5 Å². The number of rotatable bonds is 5. The summed E-state index contributed by atoms with van der Waals surface area (Å²) < 4.78 is 0. The predicted molar refractivity (Wildman–Crippen MR) is 102 cm³/mol. The van der Waals surface area contributed by atoms with Gasteiger partial charge in [-0.05, 0) is 56.2 Å². The van der Waals surface area contributed by atoms with Crippen LogP contribution >= 0.6 is 11.3 Å². The molecule has 2 heterocycles. The summed E-state index contributed by atoms with van der Waals surface area (Å²) in [6.45, 7) is 3.75. The van der Waals surface area contributed by atoms with Crippen LogP contribution in [0.25, 0.3) is 0 Å². The Labute approximate surface area is 155 Å². The van der Waals surface area contributed by atoms with E-state index in [0.29, 0.717) is 6.42 Å². The monoisotopic (exact) mass is 362 g/mol. The van der Waals surface area contributed by atoms with Gasteiger partial charge in [0.05, 0.1) is 11.3 Å². The molecule has 25 heavy (non-hydrogen) atoms. The molecule has 4 nitrogen and oxygen atoms in total. The van der Waals surface area contributed by atoms with Gasteiger partial charge >= 0.3 is 0 Å².